The Kier molecular flexibility index (Phi) is 4.87. The molecule has 0 bridgehead atoms. The summed E-state index contributed by atoms with van der Waals surface area (Å²) in [6, 6.07) is 0. The molecular weight excluding hydrogens is 392 g/mol. The Balaban J connectivity index is 1.62. The molecule has 0 aromatic carbocycles. The summed E-state index contributed by atoms with van der Waals surface area (Å²) in [5.41, 5.74) is 2.76. The third kappa shape index (κ3) is 2.78. The monoisotopic (exact) mass is 442 g/mol. The first-order valence-electron chi connectivity index (χ1n) is 13.7. The van der Waals surface area contributed by atoms with Gasteiger partial charge in [0.05, 0.1) is 12.2 Å². The number of hydrogen-bond acceptors (Lipinski definition) is 2. The van der Waals surface area contributed by atoms with Crippen LogP contribution in [0.25, 0.3) is 0 Å². The van der Waals surface area contributed by atoms with Crippen molar-refractivity contribution >= 4 is 0 Å². The molecule has 0 aromatic heterocycles. The summed E-state index contributed by atoms with van der Waals surface area (Å²) >= 11 is 0. The lowest BCUT2D eigenvalue weighted by Gasteiger charge is -2.72. The Hall–Kier alpha value is -0.340. The van der Waals surface area contributed by atoms with Crippen LogP contribution in [-0.2, 0) is 0 Å². The molecule has 32 heavy (non-hydrogen) atoms. The third-order valence-corrected chi connectivity index (χ3v) is 13.0. The Bertz CT molecular complexity index is 825. The van der Waals surface area contributed by atoms with Crippen molar-refractivity contribution in [2.45, 2.75) is 125 Å². The smallest absolute Gasteiger partial charge is 0.0762 e. The van der Waals surface area contributed by atoms with Gasteiger partial charge in [0.15, 0.2) is 0 Å². The molecule has 2 nitrogen and oxygen atoms in total. The molecule has 0 amide bonds. The molecule has 4 saturated carbocycles. The lowest BCUT2D eigenvalue weighted by atomic mass is 9.33. The largest absolute Gasteiger partial charge is 0.393 e. The zero-order valence-electron chi connectivity index (χ0n) is 22.2. The summed E-state index contributed by atoms with van der Waals surface area (Å²) in [7, 11) is 0. The SMILES string of the molecule is CC1(C)CC[C@]2(C)CC[C@]3(C)C(=C[C@H](O)[C@@H]4[C@@]5(C)CC[C@@H](O)C(C)(C)[C@H]5CC[C@]43C)[C@H]2C1. The van der Waals surface area contributed by atoms with Crippen LogP contribution in [0.2, 0.25) is 0 Å². The highest BCUT2D eigenvalue weighted by atomic mass is 16.3. The highest BCUT2D eigenvalue weighted by Gasteiger charge is 2.69. The van der Waals surface area contributed by atoms with Crippen LogP contribution in [0.3, 0.4) is 0 Å². The average molecular weight is 443 g/mol. The third-order valence-electron chi connectivity index (χ3n) is 13.0. The minimum absolute atomic E-state index is 0.0719. The number of aliphatic hydroxyl groups excluding tert-OH is 2. The van der Waals surface area contributed by atoms with Gasteiger partial charge in [-0.2, -0.15) is 0 Å². The van der Waals surface area contributed by atoms with Crippen LogP contribution in [0.5, 0.6) is 0 Å². The van der Waals surface area contributed by atoms with E-state index in [9.17, 15) is 10.2 Å². The lowest BCUT2D eigenvalue weighted by Crippen LogP contribution is -2.67. The van der Waals surface area contributed by atoms with E-state index in [0.717, 1.165) is 12.8 Å². The van der Waals surface area contributed by atoms with Gasteiger partial charge < -0.3 is 10.2 Å². The molecule has 0 spiro atoms. The molecular formula is C30H50O2. The summed E-state index contributed by atoms with van der Waals surface area (Å²) in [5.74, 6) is 1.38. The average Bonchev–Trinajstić information content (AvgIpc) is 2.68. The molecule has 5 rings (SSSR count). The lowest BCUT2D eigenvalue weighted by molar-refractivity contribution is -0.224. The second-order valence-electron chi connectivity index (χ2n) is 15.4. The molecule has 2 N–H and O–H groups in total. The van der Waals surface area contributed by atoms with Crippen LogP contribution in [0, 0.1) is 50.2 Å². The number of aliphatic hydroxyl groups is 2. The highest BCUT2D eigenvalue weighted by Crippen LogP contribution is 2.75. The first kappa shape index (κ1) is 23.4. The van der Waals surface area contributed by atoms with Crippen molar-refractivity contribution in [3.63, 3.8) is 0 Å². The molecule has 0 radical (unpaired) electrons. The number of allylic oxidation sites excluding steroid dienone is 1. The molecule has 9 atom stereocenters. The van der Waals surface area contributed by atoms with Gasteiger partial charge in [0.2, 0.25) is 0 Å². The molecule has 2 heteroatoms. The molecule has 5 aliphatic rings. The van der Waals surface area contributed by atoms with Crippen LogP contribution in [0.1, 0.15) is 113 Å². The van der Waals surface area contributed by atoms with Crippen molar-refractivity contribution < 1.29 is 10.2 Å². The zero-order valence-corrected chi connectivity index (χ0v) is 22.2. The van der Waals surface area contributed by atoms with E-state index in [2.05, 4.69) is 61.5 Å². The Labute approximate surface area is 197 Å². The summed E-state index contributed by atoms with van der Waals surface area (Å²) in [6.07, 6.45) is 12.7. The van der Waals surface area contributed by atoms with Gasteiger partial charge >= 0.3 is 0 Å². The molecule has 5 aliphatic carbocycles. The molecule has 0 aliphatic heterocycles. The van der Waals surface area contributed by atoms with Crippen LogP contribution in [0.4, 0.5) is 0 Å². The second-order valence-corrected chi connectivity index (χ2v) is 15.4. The minimum Gasteiger partial charge on any atom is -0.393 e. The van der Waals surface area contributed by atoms with Gasteiger partial charge in [0.1, 0.15) is 0 Å². The summed E-state index contributed by atoms with van der Waals surface area (Å²) in [5, 5.41) is 22.8. The first-order valence-corrected chi connectivity index (χ1v) is 13.7. The molecule has 0 unspecified atom stereocenters. The maximum Gasteiger partial charge on any atom is 0.0762 e. The quantitative estimate of drug-likeness (QED) is 0.391. The van der Waals surface area contributed by atoms with Gasteiger partial charge in [-0.15, -0.1) is 0 Å². The number of rotatable bonds is 0. The van der Waals surface area contributed by atoms with E-state index in [1.807, 2.05) is 0 Å². The fraction of sp³-hybridized carbons (Fsp3) is 0.933. The van der Waals surface area contributed by atoms with Crippen molar-refractivity contribution in [1.82, 2.24) is 0 Å². The van der Waals surface area contributed by atoms with E-state index in [1.165, 1.54) is 44.9 Å². The second kappa shape index (κ2) is 6.66. The van der Waals surface area contributed by atoms with Gasteiger partial charge in [0.25, 0.3) is 0 Å². The number of hydrogen-bond donors (Lipinski definition) is 2. The predicted molar refractivity (Wildman–Crippen MR) is 132 cm³/mol. The Morgan fingerprint density at radius 1 is 0.781 bits per heavy atom. The normalized spacial score (nSPS) is 56.2. The summed E-state index contributed by atoms with van der Waals surface area (Å²) in [4.78, 5) is 0. The van der Waals surface area contributed by atoms with Crippen molar-refractivity contribution in [2.75, 3.05) is 0 Å². The van der Waals surface area contributed by atoms with Gasteiger partial charge in [-0.05, 0) is 102 Å². The van der Waals surface area contributed by atoms with E-state index >= 15 is 0 Å². The van der Waals surface area contributed by atoms with Gasteiger partial charge in [-0.3, -0.25) is 0 Å². The van der Waals surface area contributed by atoms with Crippen LogP contribution in [-0.4, -0.2) is 22.4 Å². The predicted octanol–water partition coefficient (Wildman–Crippen LogP) is 7.14. The van der Waals surface area contributed by atoms with E-state index < -0.39 is 0 Å². The van der Waals surface area contributed by atoms with Gasteiger partial charge in [0, 0.05) is 5.92 Å². The summed E-state index contributed by atoms with van der Waals surface area (Å²) in [6.45, 7) is 19.7. The standard InChI is InChI=1S/C30H50O2/c1-25(2)13-14-27(5)15-16-29(7)19(20(27)18-25)17-21(31)24-28(6)11-10-23(32)26(3,4)22(28)9-12-30(24,29)8/h17,20-24,31-32H,9-16,18H2,1-8H3/t20-,21+,22-,23-,24-,27-,28+,29-,30-/m1/s1. The van der Waals surface area contributed by atoms with Crippen molar-refractivity contribution in [2.24, 2.45) is 50.2 Å². The van der Waals surface area contributed by atoms with E-state index in [1.54, 1.807) is 5.57 Å². The van der Waals surface area contributed by atoms with Crippen LogP contribution >= 0.6 is 0 Å². The molecule has 0 aromatic rings. The molecule has 4 fully saturated rings. The molecule has 0 heterocycles. The van der Waals surface area contributed by atoms with Crippen molar-refractivity contribution in [3.05, 3.63) is 11.6 Å². The fourth-order valence-corrected chi connectivity index (χ4v) is 10.6. The topological polar surface area (TPSA) is 40.5 Å². The van der Waals surface area contributed by atoms with Gasteiger partial charge in [-0.25, -0.2) is 0 Å². The van der Waals surface area contributed by atoms with Crippen molar-refractivity contribution in [3.8, 4) is 0 Å². The van der Waals surface area contributed by atoms with Gasteiger partial charge in [-0.1, -0.05) is 67.0 Å². The highest BCUT2D eigenvalue weighted by molar-refractivity contribution is 5.35. The molecule has 0 saturated heterocycles. The summed E-state index contributed by atoms with van der Waals surface area (Å²) < 4.78 is 0. The van der Waals surface area contributed by atoms with Crippen LogP contribution in [0.15, 0.2) is 11.6 Å². The van der Waals surface area contributed by atoms with E-state index in [-0.39, 0.29) is 39.8 Å². The maximum atomic E-state index is 11.9. The zero-order chi connectivity index (χ0) is 23.5. The Morgan fingerprint density at radius 2 is 1.44 bits per heavy atom. The van der Waals surface area contributed by atoms with E-state index in [4.69, 9.17) is 0 Å². The van der Waals surface area contributed by atoms with Crippen LogP contribution < -0.4 is 0 Å². The van der Waals surface area contributed by atoms with E-state index in [0.29, 0.717) is 22.7 Å². The fourth-order valence-electron chi connectivity index (χ4n) is 10.6. The molecule has 182 valence electrons. The number of fused-ring (bicyclic) bond motifs is 7. The maximum absolute atomic E-state index is 11.9. The van der Waals surface area contributed by atoms with Crippen molar-refractivity contribution in [1.29, 1.82) is 0 Å². The first-order chi connectivity index (χ1) is 14.6. The minimum atomic E-state index is -0.352. The Morgan fingerprint density at radius 3 is 2.12 bits per heavy atom.